The molecule has 0 saturated carbocycles. The molecule has 0 bridgehead atoms. The van der Waals surface area contributed by atoms with Crippen LogP contribution in [0.15, 0.2) is 12.2 Å². The second-order valence-corrected chi connectivity index (χ2v) is 6.32. The van der Waals surface area contributed by atoms with Crippen LogP contribution >= 0.6 is 8.02 Å². The van der Waals surface area contributed by atoms with Crippen molar-refractivity contribution >= 4 is 31.8 Å². The van der Waals surface area contributed by atoms with Crippen molar-refractivity contribution in [1.82, 2.24) is 4.90 Å². The zero-order chi connectivity index (χ0) is 16.8. The fourth-order valence-electron chi connectivity index (χ4n) is 1.79. The molecule has 0 unspecified atom stereocenters. The van der Waals surface area contributed by atoms with Crippen LogP contribution in [0.25, 0.3) is 0 Å². The zero-order valence-electron chi connectivity index (χ0n) is 12.2. The molecule has 4 N–H and O–H groups in total. The number of nitrogens with zero attached hydrogens (tertiary/aromatic N) is 1. The molecule has 0 saturated heterocycles. The molecule has 9 nitrogen and oxygen atoms in total. The van der Waals surface area contributed by atoms with Gasteiger partial charge in [0.15, 0.2) is 0 Å². The summed E-state index contributed by atoms with van der Waals surface area (Å²) in [5.41, 5.74) is 10.8. The number of nitrogens with two attached hydrogens (primary N) is 2. The summed E-state index contributed by atoms with van der Waals surface area (Å²) < 4.78 is 9.24. The fourth-order valence-corrected chi connectivity index (χ4v) is 2.64. The Kier molecular flexibility index (Phi) is 6.61. The Morgan fingerprint density at radius 1 is 1.09 bits per heavy atom. The lowest BCUT2D eigenvalue weighted by molar-refractivity contribution is -0.139. The van der Waals surface area contributed by atoms with E-state index in [9.17, 15) is 19.2 Å². The SMILES string of the molecule is CC(=O)O[P+](N)(N)OC(=O)CCCCCN1C(=O)C=CC1=O. The molecule has 0 fully saturated rings. The first kappa shape index (κ1) is 18.2. The second-order valence-electron chi connectivity index (χ2n) is 4.66. The molecule has 22 heavy (non-hydrogen) atoms. The summed E-state index contributed by atoms with van der Waals surface area (Å²) in [5, 5.41) is 0. The summed E-state index contributed by atoms with van der Waals surface area (Å²) in [6.07, 6.45) is 4.16. The van der Waals surface area contributed by atoms with Crippen LogP contribution in [0, 0.1) is 0 Å². The third kappa shape index (κ3) is 6.30. The minimum absolute atomic E-state index is 0.0531. The van der Waals surface area contributed by atoms with Crippen molar-refractivity contribution in [2.75, 3.05) is 6.54 Å². The van der Waals surface area contributed by atoms with E-state index in [1.165, 1.54) is 12.2 Å². The molecular formula is C12H19N3O6P+. The lowest BCUT2D eigenvalue weighted by Gasteiger charge is -2.13. The van der Waals surface area contributed by atoms with E-state index >= 15 is 0 Å². The molecule has 0 aromatic heterocycles. The molecule has 2 amide bonds. The first-order valence-corrected chi connectivity index (χ1v) is 8.40. The van der Waals surface area contributed by atoms with Gasteiger partial charge in [-0.1, -0.05) is 6.42 Å². The van der Waals surface area contributed by atoms with Gasteiger partial charge in [-0.05, 0) is 12.8 Å². The lowest BCUT2D eigenvalue weighted by Crippen LogP contribution is -2.30. The Morgan fingerprint density at radius 2 is 1.68 bits per heavy atom. The van der Waals surface area contributed by atoms with Crippen LogP contribution in [0.5, 0.6) is 0 Å². The Hall–Kier alpha value is -1.83. The van der Waals surface area contributed by atoms with Gasteiger partial charge < -0.3 is 0 Å². The smallest absolute Gasteiger partial charge is 0.275 e. The van der Waals surface area contributed by atoms with Crippen LogP contribution in [0.1, 0.15) is 32.6 Å². The van der Waals surface area contributed by atoms with Crippen molar-refractivity contribution in [3.05, 3.63) is 12.2 Å². The first-order chi connectivity index (χ1) is 10.2. The number of carbonyl (C=O) groups excluding carboxylic acids is 4. The molecule has 0 aromatic carbocycles. The van der Waals surface area contributed by atoms with Gasteiger partial charge in [0.1, 0.15) is 0 Å². The average Bonchev–Trinajstić information content (AvgIpc) is 2.67. The zero-order valence-corrected chi connectivity index (χ0v) is 13.1. The predicted octanol–water partition coefficient (Wildman–Crippen LogP) is 0.173. The van der Waals surface area contributed by atoms with E-state index < -0.39 is 20.0 Å². The van der Waals surface area contributed by atoms with Crippen LogP contribution in [-0.4, -0.2) is 35.2 Å². The summed E-state index contributed by atoms with van der Waals surface area (Å²) in [5.74, 6) is -2.03. The van der Waals surface area contributed by atoms with Crippen LogP contribution < -0.4 is 11.0 Å². The van der Waals surface area contributed by atoms with E-state index in [2.05, 4.69) is 4.52 Å². The van der Waals surface area contributed by atoms with E-state index in [0.29, 0.717) is 25.8 Å². The first-order valence-electron chi connectivity index (χ1n) is 6.63. The number of amides is 2. The van der Waals surface area contributed by atoms with Crippen LogP contribution in [0.3, 0.4) is 0 Å². The van der Waals surface area contributed by atoms with Crippen LogP contribution in [0.2, 0.25) is 0 Å². The van der Waals surface area contributed by atoms with Crippen LogP contribution in [0.4, 0.5) is 0 Å². The van der Waals surface area contributed by atoms with Crippen molar-refractivity contribution in [2.24, 2.45) is 11.0 Å². The highest BCUT2D eigenvalue weighted by Crippen LogP contribution is 2.44. The van der Waals surface area contributed by atoms with Gasteiger partial charge in [0.05, 0.1) is 6.42 Å². The summed E-state index contributed by atoms with van der Waals surface area (Å²) in [4.78, 5) is 45.9. The maximum absolute atomic E-state index is 11.5. The number of unbranched alkanes of at least 4 members (excludes halogenated alkanes) is 2. The quantitative estimate of drug-likeness (QED) is 0.364. The van der Waals surface area contributed by atoms with E-state index in [0.717, 1.165) is 11.8 Å². The van der Waals surface area contributed by atoms with Gasteiger partial charge >= 0.3 is 20.0 Å². The van der Waals surface area contributed by atoms with Crippen molar-refractivity contribution in [2.45, 2.75) is 32.6 Å². The van der Waals surface area contributed by atoms with Gasteiger partial charge in [0.25, 0.3) is 11.8 Å². The Morgan fingerprint density at radius 3 is 2.23 bits per heavy atom. The maximum atomic E-state index is 11.5. The Bertz CT molecular complexity index is 487. The van der Waals surface area contributed by atoms with Crippen molar-refractivity contribution in [3.63, 3.8) is 0 Å². The molecular weight excluding hydrogens is 313 g/mol. The molecule has 0 aliphatic carbocycles. The number of carbonyl (C=O) groups is 4. The van der Waals surface area contributed by atoms with Crippen LogP contribution in [-0.2, 0) is 28.2 Å². The van der Waals surface area contributed by atoms with Crippen molar-refractivity contribution < 1.29 is 28.2 Å². The molecule has 1 heterocycles. The van der Waals surface area contributed by atoms with Gasteiger partial charge in [0, 0.05) is 25.6 Å². The number of rotatable bonds is 8. The van der Waals surface area contributed by atoms with E-state index in [4.69, 9.17) is 15.5 Å². The van der Waals surface area contributed by atoms with E-state index in [1.807, 2.05) is 0 Å². The Labute approximate surface area is 128 Å². The molecule has 10 heteroatoms. The van der Waals surface area contributed by atoms with Gasteiger partial charge in [-0.15, -0.1) is 11.0 Å². The minimum atomic E-state index is -3.45. The van der Waals surface area contributed by atoms with Crippen molar-refractivity contribution in [1.29, 1.82) is 0 Å². The minimum Gasteiger partial charge on any atom is -0.275 e. The average molecular weight is 332 g/mol. The van der Waals surface area contributed by atoms with E-state index in [1.54, 1.807) is 0 Å². The molecule has 1 rings (SSSR count). The van der Waals surface area contributed by atoms with Gasteiger partial charge in [-0.25, -0.2) is 18.6 Å². The summed E-state index contributed by atoms with van der Waals surface area (Å²) in [7, 11) is -3.45. The third-order valence-corrected chi connectivity index (χ3v) is 3.71. The molecule has 0 spiro atoms. The van der Waals surface area contributed by atoms with Gasteiger partial charge in [0.2, 0.25) is 0 Å². The summed E-state index contributed by atoms with van der Waals surface area (Å²) in [6, 6.07) is 0. The third-order valence-electron chi connectivity index (χ3n) is 2.68. The second kappa shape index (κ2) is 7.98. The number of hydrogen-bond donors (Lipinski definition) is 2. The normalized spacial score (nSPS) is 14.4. The number of hydrogen-bond acceptors (Lipinski definition) is 8. The molecule has 0 aromatic rings. The molecule has 1 aliphatic heterocycles. The summed E-state index contributed by atoms with van der Waals surface area (Å²) >= 11 is 0. The highest BCUT2D eigenvalue weighted by atomic mass is 31.2. The lowest BCUT2D eigenvalue weighted by atomic mass is 10.2. The van der Waals surface area contributed by atoms with E-state index in [-0.39, 0.29) is 18.2 Å². The summed E-state index contributed by atoms with van der Waals surface area (Å²) in [6.45, 7) is 1.41. The topological polar surface area (TPSA) is 142 Å². The molecule has 1 aliphatic rings. The highest BCUT2D eigenvalue weighted by molar-refractivity contribution is 7.62. The number of imide groups is 1. The highest BCUT2D eigenvalue weighted by Gasteiger charge is 2.39. The predicted molar refractivity (Wildman–Crippen MR) is 77.5 cm³/mol. The maximum Gasteiger partial charge on any atom is 0.521 e. The fraction of sp³-hybridized carbons (Fsp3) is 0.500. The monoisotopic (exact) mass is 332 g/mol. The molecule has 122 valence electrons. The van der Waals surface area contributed by atoms with Gasteiger partial charge in [-0.2, -0.15) is 0 Å². The molecule has 0 atom stereocenters. The Balaban J connectivity index is 2.16. The standard InChI is InChI=1S/C12H19N3O6P/c1-9(16)20-22(13,14)21-12(19)5-3-2-4-8-15-10(17)6-7-11(15)18/h6-7H,2-5,8,13-14H2,1H3/q+1. The largest absolute Gasteiger partial charge is 0.521 e. The molecule has 0 radical (unpaired) electrons. The van der Waals surface area contributed by atoms with Crippen molar-refractivity contribution in [3.8, 4) is 0 Å². The van der Waals surface area contributed by atoms with Gasteiger partial charge in [-0.3, -0.25) is 14.5 Å².